The molecule has 9 heteroatoms. The van der Waals surface area contributed by atoms with Crippen molar-refractivity contribution in [3.05, 3.63) is 40.1 Å². The van der Waals surface area contributed by atoms with E-state index in [1.54, 1.807) is 16.9 Å². The van der Waals surface area contributed by atoms with Crippen LogP contribution in [-0.4, -0.2) is 34.0 Å². The molecule has 0 radical (unpaired) electrons. The number of ether oxygens (including phenoxy) is 1. The van der Waals surface area contributed by atoms with Crippen LogP contribution in [0.3, 0.4) is 0 Å². The quantitative estimate of drug-likeness (QED) is 0.468. The minimum Gasteiger partial charge on any atom is -0.495 e. The molecule has 0 unspecified atom stereocenters. The summed E-state index contributed by atoms with van der Waals surface area (Å²) in [6.45, 7) is 2.63. The number of carbonyl (C=O) groups is 1. The number of nitro groups is 1. The molecule has 0 saturated carbocycles. The van der Waals surface area contributed by atoms with Gasteiger partial charge in [0, 0.05) is 12.6 Å². The van der Waals surface area contributed by atoms with Crippen LogP contribution < -0.4 is 10.1 Å². The van der Waals surface area contributed by atoms with Gasteiger partial charge in [0.2, 0.25) is 0 Å². The van der Waals surface area contributed by atoms with Crippen LogP contribution in [0.5, 0.6) is 5.75 Å². The number of amides is 1. The standard InChI is InChI=1S/C15H18N4O4S/c1-4-7-18-14(5-6-16-18)17-15(20)10-8-13(24-3)12(23-2)9-11(10)19(21)22/h5-6,8-9H,4,7H2,1-3H3,(H,17,20). The van der Waals surface area contributed by atoms with Crippen molar-refractivity contribution in [2.24, 2.45) is 0 Å². The average Bonchev–Trinajstić information content (AvgIpc) is 3.00. The number of methoxy groups -OCH3 is 1. The molecule has 8 nitrogen and oxygen atoms in total. The van der Waals surface area contributed by atoms with Crippen LogP contribution in [-0.2, 0) is 6.54 Å². The molecule has 1 N–H and O–H groups in total. The number of rotatable bonds is 7. The number of hydrogen-bond acceptors (Lipinski definition) is 6. The number of carbonyl (C=O) groups excluding carboxylic acids is 1. The Morgan fingerprint density at radius 1 is 1.50 bits per heavy atom. The second kappa shape index (κ2) is 7.82. The third-order valence-electron chi connectivity index (χ3n) is 3.34. The normalized spacial score (nSPS) is 10.5. The maximum atomic E-state index is 12.6. The van der Waals surface area contributed by atoms with Crippen LogP contribution in [0.15, 0.2) is 29.3 Å². The second-order valence-electron chi connectivity index (χ2n) is 4.88. The maximum absolute atomic E-state index is 12.6. The molecule has 1 amide bonds. The van der Waals surface area contributed by atoms with E-state index in [0.717, 1.165) is 6.42 Å². The number of nitrogens with zero attached hydrogens (tertiary/aromatic N) is 3. The first-order chi connectivity index (χ1) is 11.5. The molecule has 0 aliphatic heterocycles. The molecule has 128 valence electrons. The third kappa shape index (κ3) is 3.67. The van der Waals surface area contributed by atoms with Crippen molar-refractivity contribution in [1.82, 2.24) is 9.78 Å². The van der Waals surface area contributed by atoms with Gasteiger partial charge in [0.25, 0.3) is 11.6 Å². The van der Waals surface area contributed by atoms with Gasteiger partial charge in [-0.05, 0) is 18.7 Å². The highest BCUT2D eigenvalue weighted by Crippen LogP contribution is 2.34. The summed E-state index contributed by atoms with van der Waals surface area (Å²) in [5, 5.41) is 18.1. The van der Waals surface area contributed by atoms with Gasteiger partial charge in [-0.15, -0.1) is 11.8 Å². The van der Waals surface area contributed by atoms with E-state index >= 15 is 0 Å². The highest BCUT2D eigenvalue weighted by atomic mass is 32.2. The van der Waals surface area contributed by atoms with Crippen molar-refractivity contribution in [2.45, 2.75) is 24.8 Å². The zero-order valence-electron chi connectivity index (χ0n) is 13.6. The molecule has 0 fully saturated rings. The van der Waals surface area contributed by atoms with Crippen molar-refractivity contribution in [2.75, 3.05) is 18.7 Å². The molecule has 1 heterocycles. The summed E-state index contributed by atoms with van der Waals surface area (Å²) in [5.74, 6) is 0.303. The lowest BCUT2D eigenvalue weighted by molar-refractivity contribution is -0.385. The monoisotopic (exact) mass is 350 g/mol. The first-order valence-corrected chi connectivity index (χ1v) is 8.47. The lowest BCUT2D eigenvalue weighted by Crippen LogP contribution is -2.17. The zero-order chi connectivity index (χ0) is 17.7. The van der Waals surface area contributed by atoms with Crippen molar-refractivity contribution < 1.29 is 14.5 Å². The summed E-state index contributed by atoms with van der Waals surface area (Å²) in [6.07, 6.45) is 4.23. The summed E-state index contributed by atoms with van der Waals surface area (Å²) in [7, 11) is 1.43. The molecule has 2 aromatic rings. The van der Waals surface area contributed by atoms with Crippen LogP contribution >= 0.6 is 11.8 Å². The lowest BCUT2D eigenvalue weighted by Gasteiger charge is -2.11. The summed E-state index contributed by atoms with van der Waals surface area (Å²) in [5.41, 5.74) is -0.321. The highest BCUT2D eigenvalue weighted by Gasteiger charge is 2.24. The van der Waals surface area contributed by atoms with E-state index in [2.05, 4.69) is 10.4 Å². The average molecular weight is 350 g/mol. The Morgan fingerprint density at radius 2 is 2.25 bits per heavy atom. The number of nitrogens with one attached hydrogen (secondary N) is 1. The molecule has 1 aromatic carbocycles. The van der Waals surface area contributed by atoms with Crippen LogP contribution in [0.2, 0.25) is 0 Å². The van der Waals surface area contributed by atoms with E-state index < -0.39 is 10.8 Å². The third-order valence-corrected chi connectivity index (χ3v) is 4.10. The summed E-state index contributed by atoms with van der Waals surface area (Å²) >= 11 is 1.35. The van der Waals surface area contributed by atoms with Gasteiger partial charge in [-0.1, -0.05) is 6.92 Å². The molecular formula is C15H18N4O4S. The summed E-state index contributed by atoms with van der Waals surface area (Å²) in [4.78, 5) is 23.9. The summed E-state index contributed by atoms with van der Waals surface area (Å²) < 4.78 is 6.79. The van der Waals surface area contributed by atoms with E-state index in [1.165, 1.54) is 31.0 Å². The number of nitro benzene ring substituents is 1. The molecule has 0 spiro atoms. The fourth-order valence-corrected chi connectivity index (χ4v) is 2.79. The number of benzene rings is 1. The van der Waals surface area contributed by atoms with Gasteiger partial charge in [-0.25, -0.2) is 4.68 Å². The first-order valence-electron chi connectivity index (χ1n) is 7.25. The summed E-state index contributed by atoms with van der Waals surface area (Å²) in [6, 6.07) is 4.39. The van der Waals surface area contributed by atoms with E-state index in [9.17, 15) is 14.9 Å². The SMILES string of the molecule is CCCn1nccc1NC(=O)c1cc(SC)c(OC)cc1[N+](=O)[O-]. The number of hydrogen-bond donors (Lipinski definition) is 1. The molecule has 0 aliphatic carbocycles. The smallest absolute Gasteiger partial charge is 0.285 e. The van der Waals surface area contributed by atoms with Crippen molar-refractivity contribution >= 4 is 29.2 Å². The predicted molar refractivity (Wildman–Crippen MR) is 91.9 cm³/mol. The van der Waals surface area contributed by atoms with E-state index in [1.807, 2.05) is 13.2 Å². The molecule has 24 heavy (non-hydrogen) atoms. The van der Waals surface area contributed by atoms with Crippen LogP contribution in [0.1, 0.15) is 23.7 Å². The Hall–Kier alpha value is -2.55. The Balaban J connectivity index is 2.40. The Kier molecular flexibility index (Phi) is 5.80. The highest BCUT2D eigenvalue weighted by molar-refractivity contribution is 7.98. The number of aryl methyl sites for hydroxylation is 1. The lowest BCUT2D eigenvalue weighted by atomic mass is 10.1. The molecule has 0 bridgehead atoms. The molecule has 0 saturated heterocycles. The van der Waals surface area contributed by atoms with Crippen molar-refractivity contribution in [3.63, 3.8) is 0 Å². The van der Waals surface area contributed by atoms with Gasteiger partial charge >= 0.3 is 0 Å². The number of anilines is 1. The van der Waals surface area contributed by atoms with Gasteiger partial charge in [-0.3, -0.25) is 14.9 Å². The molecule has 1 aromatic heterocycles. The second-order valence-corrected chi connectivity index (χ2v) is 5.72. The van der Waals surface area contributed by atoms with E-state index in [-0.39, 0.29) is 11.3 Å². The van der Waals surface area contributed by atoms with Gasteiger partial charge in [0.05, 0.1) is 29.2 Å². The van der Waals surface area contributed by atoms with Crippen LogP contribution in [0, 0.1) is 10.1 Å². The maximum Gasteiger partial charge on any atom is 0.285 e. The van der Waals surface area contributed by atoms with Crippen LogP contribution in [0.25, 0.3) is 0 Å². The van der Waals surface area contributed by atoms with Crippen molar-refractivity contribution in [3.8, 4) is 5.75 Å². The Labute approximate surface area is 143 Å². The first kappa shape index (κ1) is 17.8. The van der Waals surface area contributed by atoms with Crippen molar-refractivity contribution in [1.29, 1.82) is 0 Å². The predicted octanol–water partition coefficient (Wildman–Crippen LogP) is 3.18. The van der Waals surface area contributed by atoms with Gasteiger partial charge < -0.3 is 10.1 Å². The Bertz CT molecular complexity index is 760. The minimum atomic E-state index is -0.592. The Morgan fingerprint density at radius 3 is 2.83 bits per heavy atom. The molecule has 0 aliphatic rings. The molecule has 2 rings (SSSR count). The minimum absolute atomic E-state index is 0.0191. The fourth-order valence-electron chi connectivity index (χ4n) is 2.21. The van der Waals surface area contributed by atoms with Gasteiger partial charge in [0.1, 0.15) is 17.1 Å². The number of aromatic nitrogens is 2. The van der Waals surface area contributed by atoms with E-state index in [4.69, 9.17) is 4.74 Å². The molecule has 0 atom stereocenters. The topological polar surface area (TPSA) is 99.3 Å². The van der Waals surface area contributed by atoms with Gasteiger partial charge in [-0.2, -0.15) is 5.10 Å². The number of thioether (sulfide) groups is 1. The zero-order valence-corrected chi connectivity index (χ0v) is 14.4. The fraction of sp³-hybridized carbons (Fsp3) is 0.333. The molecular weight excluding hydrogens is 332 g/mol. The largest absolute Gasteiger partial charge is 0.495 e. The van der Waals surface area contributed by atoms with Crippen LogP contribution in [0.4, 0.5) is 11.5 Å². The van der Waals surface area contributed by atoms with E-state index in [0.29, 0.717) is 23.0 Å². The van der Waals surface area contributed by atoms with Gasteiger partial charge in [0.15, 0.2) is 0 Å².